The Bertz CT molecular complexity index is 884. The van der Waals surface area contributed by atoms with E-state index in [9.17, 15) is 9.59 Å². The topological polar surface area (TPSA) is 59.2 Å². The van der Waals surface area contributed by atoms with Crippen molar-refractivity contribution in [1.82, 2.24) is 4.98 Å². The third-order valence-corrected chi connectivity index (χ3v) is 5.82. The van der Waals surface area contributed by atoms with E-state index in [4.69, 9.17) is 4.74 Å². The summed E-state index contributed by atoms with van der Waals surface area (Å²) in [4.78, 5) is 28.5. The summed E-state index contributed by atoms with van der Waals surface area (Å²) in [7, 11) is 0. The molecule has 2 aromatic rings. The summed E-state index contributed by atoms with van der Waals surface area (Å²) < 4.78 is 5.45. The number of carbonyl (C=O) groups is 2. The van der Waals surface area contributed by atoms with Gasteiger partial charge in [-0.15, -0.1) is 0 Å². The van der Waals surface area contributed by atoms with Gasteiger partial charge in [-0.1, -0.05) is 52.0 Å². The molecule has 1 heterocycles. The van der Waals surface area contributed by atoms with Crippen molar-refractivity contribution in [3.63, 3.8) is 0 Å². The standard InChI is InChI=1S/C24H31NO3/c1-7-14(2)28-23(27)22-15(3)21-19(25-22)12-17(13-20(21)26)16-8-10-18(11-9-16)24(4,5)6/h8-11,14,17,25H,7,12-13H2,1-6H3/t14-,17+/m1/s1. The van der Waals surface area contributed by atoms with Crippen LogP contribution in [0, 0.1) is 6.92 Å². The zero-order valence-corrected chi connectivity index (χ0v) is 17.8. The van der Waals surface area contributed by atoms with Crippen molar-refractivity contribution >= 4 is 11.8 Å². The molecule has 1 aliphatic carbocycles. The van der Waals surface area contributed by atoms with Crippen LogP contribution >= 0.6 is 0 Å². The van der Waals surface area contributed by atoms with Crippen molar-refractivity contribution in [2.24, 2.45) is 0 Å². The van der Waals surface area contributed by atoms with Crippen molar-refractivity contribution < 1.29 is 14.3 Å². The van der Waals surface area contributed by atoms with Gasteiger partial charge >= 0.3 is 5.97 Å². The number of hydrogen-bond donors (Lipinski definition) is 1. The van der Waals surface area contributed by atoms with E-state index in [1.165, 1.54) is 11.1 Å². The van der Waals surface area contributed by atoms with Crippen LogP contribution in [0.3, 0.4) is 0 Å². The van der Waals surface area contributed by atoms with Crippen LogP contribution in [-0.2, 0) is 16.6 Å². The van der Waals surface area contributed by atoms with Gasteiger partial charge in [0.15, 0.2) is 5.78 Å². The summed E-state index contributed by atoms with van der Waals surface area (Å²) in [5.41, 5.74) is 5.23. The Labute approximate surface area is 167 Å². The molecule has 4 heteroatoms. The molecule has 1 N–H and O–H groups in total. The van der Waals surface area contributed by atoms with Crippen molar-refractivity contribution in [3.05, 3.63) is 57.9 Å². The Kier molecular flexibility index (Phi) is 5.51. The van der Waals surface area contributed by atoms with E-state index < -0.39 is 0 Å². The van der Waals surface area contributed by atoms with Gasteiger partial charge in [-0.2, -0.15) is 0 Å². The van der Waals surface area contributed by atoms with Gasteiger partial charge in [0.2, 0.25) is 0 Å². The molecule has 2 atom stereocenters. The number of rotatable bonds is 4. The molecule has 0 saturated heterocycles. The van der Waals surface area contributed by atoms with E-state index in [1.54, 1.807) is 0 Å². The second-order valence-corrected chi connectivity index (χ2v) is 9.00. The first kappa shape index (κ1) is 20.4. The molecule has 0 radical (unpaired) electrons. The first-order valence-corrected chi connectivity index (χ1v) is 10.2. The fraction of sp³-hybridized carbons (Fsp3) is 0.500. The number of H-pyrrole nitrogens is 1. The summed E-state index contributed by atoms with van der Waals surface area (Å²) in [6.07, 6.45) is 1.82. The second-order valence-electron chi connectivity index (χ2n) is 9.00. The zero-order chi connectivity index (χ0) is 20.6. The number of aromatic nitrogens is 1. The zero-order valence-electron chi connectivity index (χ0n) is 17.8. The molecule has 0 unspecified atom stereocenters. The molecule has 28 heavy (non-hydrogen) atoms. The lowest BCUT2D eigenvalue weighted by molar-refractivity contribution is 0.0327. The molecule has 0 spiro atoms. The fourth-order valence-electron chi connectivity index (χ4n) is 3.85. The number of Topliss-reactive ketones (excluding diaryl/α,β-unsaturated/α-hetero) is 1. The van der Waals surface area contributed by atoms with Gasteiger partial charge in [-0.05, 0) is 54.7 Å². The minimum atomic E-state index is -0.375. The van der Waals surface area contributed by atoms with Gasteiger partial charge in [0.05, 0.1) is 6.10 Å². The number of hydrogen-bond acceptors (Lipinski definition) is 3. The smallest absolute Gasteiger partial charge is 0.355 e. The molecule has 0 fully saturated rings. The van der Waals surface area contributed by atoms with Gasteiger partial charge in [0.25, 0.3) is 0 Å². The van der Waals surface area contributed by atoms with E-state index in [2.05, 4.69) is 50.0 Å². The Morgan fingerprint density at radius 2 is 1.86 bits per heavy atom. The van der Waals surface area contributed by atoms with Crippen LogP contribution in [0.25, 0.3) is 0 Å². The highest BCUT2D eigenvalue weighted by molar-refractivity contribution is 6.03. The number of ketones is 1. The van der Waals surface area contributed by atoms with Crippen LogP contribution in [0.2, 0.25) is 0 Å². The normalized spacial score (nSPS) is 17.9. The third-order valence-electron chi connectivity index (χ3n) is 5.82. The van der Waals surface area contributed by atoms with Crippen LogP contribution < -0.4 is 0 Å². The maximum atomic E-state index is 12.9. The predicted octanol–water partition coefficient (Wildman–Crippen LogP) is 5.49. The van der Waals surface area contributed by atoms with Crippen LogP contribution in [0.15, 0.2) is 24.3 Å². The Balaban J connectivity index is 1.86. The molecule has 0 amide bonds. The predicted molar refractivity (Wildman–Crippen MR) is 111 cm³/mol. The monoisotopic (exact) mass is 381 g/mol. The van der Waals surface area contributed by atoms with Crippen LogP contribution in [0.5, 0.6) is 0 Å². The van der Waals surface area contributed by atoms with E-state index in [-0.39, 0.29) is 29.2 Å². The van der Waals surface area contributed by atoms with E-state index in [0.717, 1.165) is 24.1 Å². The van der Waals surface area contributed by atoms with Crippen molar-refractivity contribution in [1.29, 1.82) is 0 Å². The summed E-state index contributed by atoms with van der Waals surface area (Å²) in [5.74, 6) is -0.145. The molecule has 0 saturated carbocycles. The first-order chi connectivity index (χ1) is 13.1. The van der Waals surface area contributed by atoms with Crippen LogP contribution in [0.4, 0.5) is 0 Å². The van der Waals surface area contributed by atoms with Gasteiger partial charge in [-0.3, -0.25) is 4.79 Å². The summed E-state index contributed by atoms with van der Waals surface area (Å²) in [6.45, 7) is 12.3. The highest BCUT2D eigenvalue weighted by Gasteiger charge is 2.32. The minimum absolute atomic E-state index is 0.0995. The maximum Gasteiger partial charge on any atom is 0.355 e. The Morgan fingerprint density at radius 3 is 2.43 bits per heavy atom. The first-order valence-electron chi connectivity index (χ1n) is 10.2. The molecular formula is C24H31NO3. The van der Waals surface area contributed by atoms with Gasteiger partial charge in [0, 0.05) is 17.7 Å². The minimum Gasteiger partial charge on any atom is -0.458 e. The van der Waals surface area contributed by atoms with E-state index in [0.29, 0.717) is 17.7 Å². The van der Waals surface area contributed by atoms with Crippen LogP contribution in [0.1, 0.15) is 96.6 Å². The molecule has 1 aromatic heterocycles. The summed E-state index contributed by atoms with van der Waals surface area (Å²) >= 11 is 0. The number of ether oxygens (including phenoxy) is 1. The maximum absolute atomic E-state index is 12.9. The van der Waals surface area contributed by atoms with E-state index >= 15 is 0 Å². The van der Waals surface area contributed by atoms with Gasteiger partial charge < -0.3 is 9.72 Å². The molecule has 0 aliphatic heterocycles. The molecule has 4 nitrogen and oxygen atoms in total. The number of aromatic amines is 1. The number of benzene rings is 1. The number of nitrogens with one attached hydrogen (secondary N) is 1. The van der Waals surface area contributed by atoms with Crippen molar-refractivity contribution in [2.45, 2.75) is 78.2 Å². The lowest BCUT2D eigenvalue weighted by Gasteiger charge is -2.24. The molecule has 1 aliphatic rings. The molecule has 0 bridgehead atoms. The SMILES string of the molecule is CC[C@@H](C)OC(=O)c1[nH]c2c(c1C)C(=O)C[C@@H](c1ccc(C(C)(C)C)cc1)C2. The quantitative estimate of drug-likeness (QED) is 0.713. The van der Waals surface area contributed by atoms with Gasteiger partial charge in [-0.25, -0.2) is 4.79 Å². The molecule has 3 rings (SSSR count). The lowest BCUT2D eigenvalue weighted by Crippen LogP contribution is -2.19. The number of carbonyl (C=O) groups excluding carboxylic acids is 2. The Morgan fingerprint density at radius 1 is 1.21 bits per heavy atom. The average molecular weight is 382 g/mol. The molecule has 150 valence electrons. The van der Waals surface area contributed by atoms with Crippen LogP contribution in [-0.4, -0.2) is 22.8 Å². The summed E-state index contributed by atoms with van der Waals surface area (Å²) in [5, 5.41) is 0. The fourth-order valence-corrected chi connectivity index (χ4v) is 3.85. The van der Waals surface area contributed by atoms with E-state index in [1.807, 2.05) is 20.8 Å². The molecule has 1 aromatic carbocycles. The summed E-state index contributed by atoms with van der Waals surface area (Å²) in [6, 6.07) is 8.59. The average Bonchev–Trinajstić information content (AvgIpc) is 2.98. The molecular weight excluding hydrogens is 350 g/mol. The third kappa shape index (κ3) is 3.91. The lowest BCUT2D eigenvalue weighted by atomic mass is 9.80. The largest absolute Gasteiger partial charge is 0.458 e. The highest BCUT2D eigenvalue weighted by Crippen LogP contribution is 2.36. The number of esters is 1. The Hall–Kier alpha value is -2.36. The second kappa shape index (κ2) is 7.57. The number of fused-ring (bicyclic) bond motifs is 1. The highest BCUT2D eigenvalue weighted by atomic mass is 16.5. The van der Waals surface area contributed by atoms with Crippen molar-refractivity contribution in [2.75, 3.05) is 0 Å². The van der Waals surface area contributed by atoms with Crippen molar-refractivity contribution in [3.8, 4) is 0 Å². The van der Waals surface area contributed by atoms with Gasteiger partial charge in [0.1, 0.15) is 5.69 Å².